The van der Waals surface area contributed by atoms with Crippen molar-refractivity contribution in [2.45, 2.75) is 19.1 Å². The Kier molecular flexibility index (Phi) is 4.10. The number of nitrogens with one attached hydrogen (secondary N) is 1. The van der Waals surface area contributed by atoms with Crippen molar-refractivity contribution in [2.75, 3.05) is 26.2 Å². The molecule has 19 heavy (non-hydrogen) atoms. The maximum Gasteiger partial charge on any atom is 0.416 e. The number of halogens is 4. The summed E-state index contributed by atoms with van der Waals surface area (Å²) in [6.45, 7) is 4.69. The van der Waals surface area contributed by atoms with Crippen molar-refractivity contribution >= 4 is 0 Å². The van der Waals surface area contributed by atoms with Gasteiger partial charge >= 0.3 is 6.18 Å². The topological polar surface area (TPSA) is 15.3 Å². The summed E-state index contributed by atoms with van der Waals surface area (Å²) >= 11 is 0. The van der Waals surface area contributed by atoms with Gasteiger partial charge in [0, 0.05) is 37.8 Å². The van der Waals surface area contributed by atoms with Gasteiger partial charge < -0.3 is 5.32 Å². The summed E-state index contributed by atoms with van der Waals surface area (Å²) in [5.74, 6) is -0.584. The SMILES string of the molecule is C[C@H](c1cc(C(F)(F)F)ccc1F)N1CCNCC1. The van der Waals surface area contributed by atoms with Gasteiger partial charge in [0.2, 0.25) is 0 Å². The third-order valence-electron chi connectivity index (χ3n) is 3.47. The molecule has 1 fully saturated rings. The molecule has 0 radical (unpaired) electrons. The molecule has 6 heteroatoms. The second kappa shape index (κ2) is 5.46. The molecule has 0 bridgehead atoms. The van der Waals surface area contributed by atoms with Crippen LogP contribution in [0.1, 0.15) is 24.1 Å². The fourth-order valence-electron chi connectivity index (χ4n) is 2.31. The Morgan fingerprint density at radius 3 is 2.42 bits per heavy atom. The minimum Gasteiger partial charge on any atom is -0.314 e. The number of alkyl halides is 3. The molecule has 106 valence electrons. The van der Waals surface area contributed by atoms with Crippen LogP contribution in [0, 0.1) is 5.82 Å². The lowest BCUT2D eigenvalue weighted by Gasteiger charge is -2.33. The van der Waals surface area contributed by atoms with Gasteiger partial charge in [0.15, 0.2) is 0 Å². The van der Waals surface area contributed by atoms with Gasteiger partial charge in [0.1, 0.15) is 5.82 Å². The zero-order valence-corrected chi connectivity index (χ0v) is 10.6. The Balaban J connectivity index is 2.27. The quantitative estimate of drug-likeness (QED) is 0.836. The summed E-state index contributed by atoms with van der Waals surface area (Å²) in [4.78, 5) is 1.98. The highest BCUT2D eigenvalue weighted by Crippen LogP contribution is 2.33. The predicted octanol–water partition coefficient (Wildman–Crippen LogP) is 2.81. The van der Waals surface area contributed by atoms with Crippen LogP contribution in [0.15, 0.2) is 18.2 Å². The van der Waals surface area contributed by atoms with Gasteiger partial charge in [0.25, 0.3) is 0 Å². The zero-order chi connectivity index (χ0) is 14.0. The minimum atomic E-state index is -4.44. The van der Waals surface area contributed by atoms with E-state index in [9.17, 15) is 17.6 Å². The Bertz CT molecular complexity index is 439. The number of piperazine rings is 1. The van der Waals surface area contributed by atoms with E-state index in [0.717, 1.165) is 31.3 Å². The van der Waals surface area contributed by atoms with Crippen LogP contribution in [0.5, 0.6) is 0 Å². The third-order valence-corrected chi connectivity index (χ3v) is 3.47. The lowest BCUT2D eigenvalue weighted by atomic mass is 10.0. The van der Waals surface area contributed by atoms with Gasteiger partial charge in [-0.15, -0.1) is 0 Å². The van der Waals surface area contributed by atoms with Crippen molar-refractivity contribution in [2.24, 2.45) is 0 Å². The molecule has 2 nitrogen and oxygen atoms in total. The average molecular weight is 276 g/mol. The van der Waals surface area contributed by atoms with Crippen molar-refractivity contribution < 1.29 is 17.6 Å². The number of rotatable bonds is 2. The second-order valence-electron chi connectivity index (χ2n) is 4.70. The Morgan fingerprint density at radius 1 is 1.21 bits per heavy atom. The fourth-order valence-corrected chi connectivity index (χ4v) is 2.31. The van der Waals surface area contributed by atoms with Crippen LogP contribution < -0.4 is 5.32 Å². The number of nitrogens with zero attached hydrogens (tertiary/aromatic N) is 1. The predicted molar refractivity (Wildman–Crippen MR) is 64.3 cm³/mol. The Labute approximate surface area is 109 Å². The molecule has 1 aliphatic heterocycles. The summed E-state index contributed by atoms with van der Waals surface area (Å²) in [5.41, 5.74) is -0.692. The normalized spacial score (nSPS) is 19.4. The number of benzene rings is 1. The highest BCUT2D eigenvalue weighted by molar-refractivity contribution is 5.29. The summed E-state index contributed by atoms with van der Waals surface area (Å²) in [6, 6.07) is 2.24. The smallest absolute Gasteiger partial charge is 0.314 e. The minimum absolute atomic E-state index is 0.108. The third kappa shape index (κ3) is 3.25. The standard InChI is InChI=1S/C13H16F4N2/c1-9(19-6-4-18-5-7-19)11-8-10(13(15,16)17)2-3-12(11)14/h2-3,8-9,18H,4-7H2,1H3/t9-/m1/s1. The van der Waals surface area contributed by atoms with Crippen molar-refractivity contribution in [3.63, 3.8) is 0 Å². The van der Waals surface area contributed by atoms with Crippen molar-refractivity contribution in [1.82, 2.24) is 10.2 Å². The fraction of sp³-hybridized carbons (Fsp3) is 0.538. The first kappa shape index (κ1) is 14.3. The van der Waals surface area contributed by atoms with Crippen molar-refractivity contribution in [1.29, 1.82) is 0 Å². The molecule has 1 aliphatic rings. The lowest BCUT2D eigenvalue weighted by Crippen LogP contribution is -2.44. The molecule has 0 unspecified atom stereocenters. The van der Waals surface area contributed by atoms with E-state index in [2.05, 4.69) is 5.32 Å². The van der Waals surface area contributed by atoms with E-state index in [-0.39, 0.29) is 11.6 Å². The lowest BCUT2D eigenvalue weighted by molar-refractivity contribution is -0.137. The van der Waals surface area contributed by atoms with Gasteiger partial charge in [-0.1, -0.05) is 0 Å². The van der Waals surface area contributed by atoms with Crippen molar-refractivity contribution in [3.05, 3.63) is 35.1 Å². The van der Waals surface area contributed by atoms with Gasteiger partial charge in [0.05, 0.1) is 5.56 Å². The van der Waals surface area contributed by atoms with Gasteiger partial charge in [-0.05, 0) is 25.1 Å². The Hall–Kier alpha value is -1.14. The van der Waals surface area contributed by atoms with Crippen molar-refractivity contribution in [3.8, 4) is 0 Å². The summed E-state index contributed by atoms with van der Waals surface area (Å²) in [6.07, 6.45) is -4.44. The molecule has 1 atom stereocenters. The van der Waals surface area contributed by atoms with E-state index in [1.807, 2.05) is 4.90 Å². The van der Waals surface area contributed by atoms with E-state index >= 15 is 0 Å². The number of hydrogen-bond acceptors (Lipinski definition) is 2. The molecule has 0 aromatic heterocycles. The van der Waals surface area contributed by atoms with E-state index in [1.165, 1.54) is 0 Å². The van der Waals surface area contributed by atoms with Crippen LogP contribution in [-0.4, -0.2) is 31.1 Å². The van der Waals surface area contributed by atoms with Gasteiger partial charge in [-0.3, -0.25) is 4.90 Å². The van der Waals surface area contributed by atoms with Crippen LogP contribution in [0.4, 0.5) is 17.6 Å². The van der Waals surface area contributed by atoms with E-state index in [4.69, 9.17) is 0 Å². The van der Waals surface area contributed by atoms with Crippen LogP contribution >= 0.6 is 0 Å². The summed E-state index contributed by atoms with van der Waals surface area (Å²) < 4.78 is 51.7. The molecule has 1 saturated heterocycles. The van der Waals surface area contributed by atoms with Crippen LogP contribution in [0.25, 0.3) is 0 Å². The summed E-state index contributed by atoms with van der Waals surface area (Å²) in [5, 5.41) is 3.16. The molecule has 2 rings (SSSR count). The van der Waals surface area contributed by atoms with Gasteiger partial charge in [-0.2, -0.15) is 13.2 Å². The molecular weight excluding hydrogens is 260 g/mol. The molecule has 0 amide bonds. The maximum atomic E-state index is 13.8. The van der Waals surface area contributed by atoms with Crippen LogP contribution in [0.2, 0.25) is 0 Å². The molecule has 0 aliphatic carbocycles. The molecule has 1 N–H and O–H groups in total. The Morgan fingerprint density at radius 2 is 1.84 bits per heavy atom. The highest BCUT2D eigenvalue weighted by Gasteiger charge is 2.32. The highest BCUT2D eigenvalue weighted by atomic mass is 19.4. The second-order valence-corrected chi connectivity index (χ2v) is 4.70. The maximum absolute atomic E-state index is 13.8. The zero-order valence-electron chi connectivity index (χ0n) is 10.6. The summed E-state index contributed by atoms with van der Waals surface area (Å²) in [7, 11) is 0. The first-order chi connectivity index (χ1) is 8.89. The molecular formula is C13H16F4N2. The first-order valence-corrected chi connectivity index (χ1v) is 6.21. The van der Waals surface area contributed by atoms with E-state index in [1.54, 1.807) is 6.92 Å². The van der Waals surface area contributed by atoms with E-state index < -0.39 is 17.6 Å². The molecule has 1 aromatic rings. The van der Waals surface area contributed by atoms with Gasteiger partial charge in [-0.25, -0.2) is 4.39 Å². The molecule has 1 heterocycles. The largest absolute Gasteiger partial charge is 0.416 e. The monoisotopic (exact) mass is 276 g/mol. The molecule has 0 spiro atoms. The van der Waals surface area contributed by atoms with Crippen LogP contribution in [-0.2, 0) is 6.18 Å². The molecule has 0 saturated carbocycles. The first-order valence-electron chi connectivity index (χ1n) is 6.21. The average Bonchev–Trinajstić information content (AvgIpc) is 2.38. The van der Waals surface area contributed by atoms with E-state index in [0.29, 0.717) is 13.1 Å². The molecule has 1 aromatic carbocycles. The van der Waals surface area contributed by atoms with Crippen LogP contribution in [0.3, 0.4) is 0 Å². The number of hydrogen-bond donors (Lipinski definition) is 1.